The maximum absolute atomic E-state index is 13.7. The molecule has 4 heterocycles. The molecule has 2 amide bonds. The number of piperidine rings is 1. The number of likely N-dealkylation sites (N-methyl/N-ethyl adjacent to an activating group) is 1. The van der Waals surface area contributed by atoms with Crippen LogP contribution in [0.5, 0.6) is 11.5 Å². The number of urea groups is 1. The number of aryl methyl sites for hydroxylation is 1. The van der Waals surface area contributed by atoms with Gasteiger partial charge < -0.3 is 18.9 Å². The van der Waals surface area contributed by atoms with Crippen LogP contribution in [-0.2, 0) is 20.1 Å². The third-order valence-electron chi connectivity index (χ3n) is 8.03. The third kappa shape index (κ3) is 3.49. The minimum atomic E-state index is -0.246. The normalized spacial score (nSPS) is 21.9. The van der Waals surface area contributed by atoms with Crippen molar-refractivity contribution in [3.05, 3.63) is 59.1 Å². The second-order valence-electron chi connectivity index (χ2n) is 9.77. The number of amides is 2. The van der Waals surface area contributed by atoms with Gasteiger partial charge in [-0.1, -0.05) is 13.0 Å². The fourth-order valence-electron chi connectivity index (χ4n) is 6.24. The van der Waals surface area contributed by atoms with Gasteiger partial charge in [0.2, 0.25) is 0 Å². The number of methoxy groups -OCH3 is 2. The summed E-state index contributed by atoms with van der Waals surface area (Å²) in [6.45, 7) is 8.46. The molecule has 0 radical (unpaired) electrons. The van der Waals surface area contributed by atoms with Crippen LogP contribution in [0.4, 0.5) is 4.79 Å². The first-order valence-corrected chi connectivity index (χ1v) is 12.3. The number of hydrogen-bond donors (Lipinski definition) is 0. The Morgan fingerprint density at radius 2 is 1.91 bits per heavy atom. The summed E-state index contributed by atoms with van der Waals surface area (Å²) < 4.78 is 13.5. The van der Waals surface area contributed by atoms with Crippen molar-refractivity contribution in [2.24, 2.45) is 7.05 Å². The topological polar surface area (TPSA) is 50.2 Å². The summed E-state index contributed by atoms with van der Waals surface area (Å²) in [5, 5.41) is 0. The number of benzene rings is 1. The summed E-state index contributed by atoms with van der Waals surface area (Å²) >= 11 is 0. The molecule has 0 unspecified atom stereocenters. The number of carbonyl (C=O) groups excluding carboxylic acids is 1. The molecular weight excluding hydrogens is 428 g/mol. The summed E-state index contributed by atoms with van der Waals surface area (Å²) in [6.07, 6.45) is 6.32. The Morgan fingerprint density at radius 3 is 2.53 bits per heavy atom. The predicted octanol–water partition coefficient (Wildman–Crippen LogP) is 4.34. The highest BCUT2D eigenvalue weighted by molar-refractivity contribution is 5.83. The fourth-order valence-corrected chi connectivity index (χ4v) is 6.24. The molecule has 1 atom stereocenters. The number of hydrogen-bond acceptors (Lipinski definition) is 4. The van der Waals surface area contributed by atoms with E-state index in [1.54, 1.807) is 14.2 Å². The number of ether oxygens (including phenoxy) is 2. The average molecular weight is 465 g/mol. The van der Waals surface area contributed by atoms with E-state index in [0.29, 0.717) is 13.1 Å². The molecule has 5 rings (SSSR count). The summed E-state index contributed by atoms with van der Waals surface area (Å²) in [5.41, 5.74) is 4.49. The highest BCUT2D eigenvalue weighted by Crippen LogP contribution is 2.49. The molecule has 7 nitrogen and oxygen atoms in total. The molecule has 2 aromatic rings. The summed E-state index contributed by atoms with van der Waals surface area (Å²) in [6, 6.07) is 8.42. The lowest BCUT2D eigenvalue weighted by Gasteiger charge is -2.44. The molecule has 1 spiro atoms. The molecule has 0 saturated carbocycles. The molecule has 34 heavy (non-hydrogen) atoms. The van der Waals surface area contributed by atoms with Gasteiger partial charge in [-0.25, -0.2) is 4.79 Å². The number of aromatic nitrogens is 1. The lowest BCUT2D eigenvalue weighted by molar-refractivity contribution is 0.0878. The van der Waals surface area contributed by atoms with E-state index in [9.17, 15) is 4.79 Å². The first-order chi connectivity index (χ1) is 16.4. The summed E-state index contributed by atoms with van der Waals surface area (Å²) in [7, 11) is 5.48. The smallest absolute Gasteiger partial charge is 0.325 e. The molecule has 3 aliphatic heterocycles. The van der Waals surface area contributed by atoms with Crippen LogP contribution in [-0.4, -0.2) is 64.7 Å². The molecule has 2 fully saturated rings. The molecular formula is C27H36N4O3. The van der Waals surface area contributed by atoms with Crippen molar-refractivity contribution >= 4 is 6.03 Å². The Morgan fingerprint density at radius 1 is 1.15 bits per heavy atom. The number of carbonyl (C=O) groups is 1. The molecule has 7 heteroatoms. The minimum absolute atomic E-state index is 0.117. The molecule has 182 valence electrons. The van der Waals surface area contributed by atoms with E-state index in [1.807, 2.05) is 11.0 Å². The molecule has 0 bridgehead atoms. The van der Waals surface area contributed by atoms with Crippen molar-refractivity contribution in [3.63, 3.8) is 0 Å². The van der Waals surface area contributed by atoms with Crippen LogP contribution in [0.25, 0.3) is 0 Å². The number of nitrogens with zero attached hydrogens (tertiary/aromatic N) is 4. The molecule has 2 saturated heterocycles. The first kappa shape index (κ1) is 22.8. The SMILES string of the molecule is CCN1C(=O)N2Cc3cc(OC)cc(OC)c3[C@@H](C)C=C2C12CCN(Cc1cccn1C)CC2. The van der Waals surface area contributed by atoms with Crippen LogP contribution < -0.4 is 9.47 Å². The van der Waals surface area contributed by atoms with Crippen molar-refractivity contribution in [1.29, 1.82) is 0 Å². The van der Waals surface area contributed by atoms with Crippen LogP contribution in [0.15, 0.2) is 42.2 Å². The predicted molar refractivity (Wildman–Crippen MR) is 132 cm³/mol. The second-order valence-corrected chi connectivity index (χ2v) is 9.77. The highest BCUT2D eigenvalue weighted by atomic mass is 16.5. The monoisotopic (exact) mass is 464 g/mol. The molecule has 0 N–H and O–H groups in total. The summed E-state index contributed by atoms with van der Waals surface area (Å²) in [4.78, 5) is 20.4. The van der Waals surface area contributed by atoms with E-state index in [4.69, 9.17) is 9.47 Å². The van der Waals surface area contributed by atoms with Crippen molar-refractivity contribution < 1.29 is 14.3 Å². The zero-order valence-electron chi connectivity index (χ0n) is 21.0. The Bertz CT molecular complexity index is 1110. The molecule has 0 aliphatic carbocycles. The highest BCUT2D eigenvalue weighted by Gasteiger charge is 2.54. The Labute approximate surface area is 202 Å². The van der Waals surface area contributed by atoms with Gasteiger partial charge in [-0.2, -0.15) is 0 Å². The fraction of sp³-hybridized carbons (Fsp3) is 0.519. The number of fused-ring (bicyclic) bond motifs is 3. The molecule has 1 aromatic carbocycles. The zero-order chi connectivity index (χ0) is 24.0. The van der Waals surface area contributed by atoms with E-state index in [1.165, 1.54) is 11.4 Å². The molecule has 1 aromatic heterocycles. The van der Waals surface area contributed by atoms with Gasteiger partial charge >= 0.3 is 6.03 Å². The lowest BCUT2D eigenvalue weighted by atomic mass is 9.82. The molecule has 3 aliphatic rings. The van der Waals surface area contributed by atoms with Crippen molar-refractivity contribution in [3.8, 4) is 11.5 Å². The minimum Gasteiger partial charge on any atom is -0.497 e. The van der Waals surface area contributed by atoms with Gasteiger partial charge in [0.25, 0.3) is 0 Å². The maximum Gasteiger partial charge on any atom is 0.325 e. The van der Waals surface area contributed by atoms with Gasteiger partial charge in [0, 0.05) is 68.4 Å². The van der Waals surface area contributed by atoms with Crippen LogP contribution >= 0.6 is 0 Å². The largest absolute Gasteiger partial charge is 0.497 e. The van der Waals surface area contributed by atoms with Crippen LogP contribution in [0.1, 0.15) is 49.4 Å². The maximum atomic E-state index is 13.7. The Balaban J connectivity index is 1.48. The number of rotatable bonds is 5. The number of likely N-dealkylation sites (tertiary alicyclic amines) is 1. The van der Waals surface area contributed by atoms with Crippen molar-refractivity contribution in [1.82, 2.24) is 19.3 Å². The van der Waals surface area contributed by atoms with Gasteiger partial charge in [-0.3, -0.25) is 9.80 Å². The van der Waals surface area contributed by atoms with Gasteiger partial charge in [-0.05, 0) is 43.5 Å². The van der Waals surface area contributed by atoms with E-state index in [0.717, 1.165) is 55.1 Å². The number of allylic oxidation sites excluding steroid dienone is 1. The summed E-state index contributed by atoms with van der Waals surface area (Å²) in [5.74, 6) is 1.72. The van der Waals surface area contributed by atoms with E-state index < -0.39 is 0 Å². The van der Waals surface area contributed by atoms with Gasteiger partial charge in [0.15, 0.2) is 0 Å². The Hall–Kier alpha value is -2.93. The average Bonchev–Trinajstić information content (AvgIpc) is 3.27. The van der Waals surface area contributed by atoms with Gasteiger partial charge in [0.05, 0.1) is 26.3 Å². The van der Waals surface area contributed by atoms with Gasteiger partial charge in [-0.15, -0.1) is 0 Å². The van der Waals surface area contributed by atoms with Crippen LogP contribution in [0.3, 0.4) is 0 Å². The van der Waals surface area contributed by atoms with Crippen molar-refractivity contribution in [2.45, 2.75) is 51.2 Å². The third-order valence-corrected chi connectivity index (χ3v) is 8.03. The quantitative estimate of drug-likeness (QED) is 0.661. The second kappa shape index (κ2) is 8.69. The zero-order valence-corrected chi connectivity index (χ0v) is 21.0. The standard InChI is InChI=1S/C27H36N4O3/c1-6-31-26(32)30-17-20-15-22(33-4)16-23(34-5)25(20)19(2)14-24(30)27(31)9-12-29(13-10-27)18-21-8-7-11-28(21)3/h7-8,11,14-16,19H,6,9-10,12-13,17-18H2,1-5H3/t19-/m0/s1. The Kier molecular flexibility index (Phi) is 5.84. The van der Waals surface area contributed by atoms with Crippen molar-refractivity contribution in [2.75, 3.05) is 33.9 Å². The van der Waals surface area contributed by atoms with Crippen LogP contribution in [0.2, 0.25) is 0 Å². The lowest BCUT2D eigenvalue weighted by Crippen LogP contribution is -2.53. The van der Waals surface area contributed by atoms with Crippen LogP contribution in [0, 0.1) is 0 Å². The van der Waals surface area contributed by atoms with E-state index in [-0.39, 0.29) is 17.5 Å². The van der Waals surface area contributed by atoms with Gasteiger partial charge in [0.1, 0.15) is 11.5 Å². The van der Waals surface area contributed by atoms with E-state index >= 15 is 0 Å². The first-order valence-electron chi connectivity index (χ1n) is 12.3. The van der Waals surface area contributed by atoms with E-state index in [2.05, 4.69) is 65.7 Å².